The summed E-state index contributed by atoms with van der Waals surface area (Å²) in [5, 5.41) is 0. The van der Waals surface area contributed by atoms with Crippen LogP contribution in [0.4, 0.5) is 0 Å². The standard InChI is InChI=1S/C15H20N2O2/c16-11-8-12-6-7-13(9-11)17(12)15(18)10-19-14-4-2-1-3-5-14/h1-5,11-13H,6-10,16H2. The van der Waals surface area contributed by atoms with E-state index in [1.165, 1.54) is 0 Å². The predicted molar refractivity (Wildman–Crippen MR) is 72.8 cm³/mol. The number of amides is 1. The largest absolute Gasteiger partial charge is 0.484 e. The lowest BCUT2D eigenvalue weighted by atomic mass is 9.98. The van der Waals surface area contributed by atoms with Gasteiger partial charge in [0, 0.05) is 18.1 Å². The van der Waals surface area contributed by atoms with Gasteiger partial charge in [0.1, 0.15) is 5.75 Å². The number of carbonyl (C=O) groups is 1. The highest BCUT2D eigenvalue weighted by atomic mass is 16.5. The summed E-state index contributed by atoms with van der Waals surface area (Å²) in [5.74, 6) is 0.847. The molecule has 2 heterocycles. The van der Waals surface area contributed by atoms with Crippen molar-refractivity contribution in [3.05, 3.63) is 30.3 Å². The number of carbonyl (C=O) groups excluding carboxylic acids is 1. The molecule has 19 heavy (non-hydrogen) atoms. The van der Waals surface area contributed by atoms with Crippen LogP contribution in [0.1, 0.15) is 25.7 Å². The molecule has 0 radical (unpaired) electrons. The van der Waals surface area contributed by atoms with Crippen molar-refractivity contribution in [2.24, 2.45) is 5.73 Å². The second-order valence-corrected chi connectivity index (χ2v) is 5.52. The van der Waals surface area contributed by atoms with Crippen LogP contribution in [0.15, 0.2) is 30.3 Å². The first kappa shape index (κ1) is 12.5. The van der Waals surface area contributed by atoms with Crippen molar-refractivity contribution in [2.75, 3.05) is 6.61 Å². The molecule has 2 aliphatic rings. The number of ether oxygens (including phenoxy) is 1. The van der Waals surface area contributed by atoms with E-state index >= 15 is 0 Å². The van der Waals surface area contributed by atoms with E-state index in [9.17, 15) is 4.79 Å². The van der Waals surface area contributed by atoms with Gasteiger partial charge in [0.25, 0.3) is 5.91 Å². The molecule has 2 fully saturated rings. The Morgan fingerprint density at radius 2 is 1.84 bits per heavy atom. The Balaban J connectivity index is 1.59. The van der Waals surface area contributed by atoms with Crippen molar-refractivity contribution in [3.8, 4) is 5.75 Å². The van der Waals surface area contributed by atoms with Crippen LogP contribution in [0.5, 0.6) is 5.75 Å². The van der Waals surface area contributed by atoms with Gasteiger partial charge in [-0.05, 0) is 37.8 Å². The fourth-order valence-electron chi connectivity index (χ4n) is 3.36. The van der Waals surface area contributed by atoms with Crippen molar-refractivity contribution in [3.63, 3.8) is 0 Å². The Labute approximate surface area is 113 Å². The Morgan fingerprint density at radius 3 is 2.47 bits per heavy atom. The van der Waals surface area contributed by atoms with Crippen LogP contribution >= 0.6 is 0 Å². The minimum absolute atomic E-state index is 0.100. The minimum atomic E-state index is 0.100. The van der Waals surface area contributed by atoms with E-state index < -0.39 is 0 Å². The molecule has 2 atom stereocenters. The molecule has 1 amide bonds. The maximum Gasteiger partial charge on any atom is 0.261 e. The first-order chi connectivity index (χ1) is 9.24. The molecule has 2 N–H and O–H groups in total. The van der Waals surface area contributed by atoms with Crippen molar-refractivity contribution in [2.45, 2.75) is 43.8 Å². The molecular weight excluding hydrogens is 240 g/mol. The molecule has 2 aliphatic heterocycles. The molecule has 4 heteroatoms. The smallest absolute Gasteiger partial charge is 0.261 e. The Morgan fingerprint density at radius 1 is 1.21 bits per heavy atom. The van der Waals surface area contributed by atoms with Crippen LogP contribution in [0.3, 0.4) is 0 Å². The van der Waals surface area contributed by atoms with Gasteiger partial charge in [-0.2, -0.15) is 0 Å². The average Bonchev–Trinajstić information content (AvgIpc) is 2.70. The molecule has 102 valence electrons. The fraction of sp³-hybridized carbons (Fsp3) is 0.533. The lowest BCUT2D eigenvalue weighted by molar-refractivity contribution is -0.137. The molecule has 2 saturated heterocycles. The molecule has 1 aromatic rings. The number of rotatable bonds is 3. The van der Waals surface area contributed by atoms with Crippen molar-refractivity contribution >= 4 is 5.91 Å². The number of fused-ring (bicyclic) bond motifs is 2. The third-order valence-electron chi connectivity index (χ3n) is 4.16. The topological polar surface area (TPSA) is 55.6 Å². The highest BCUT2D eigenvalue weighted by Gasteiger charge is 2.42. The summed E-state index contributed by atoms with van der Waals surface area (Å²) in [5.41, 5.74) is 6.01. The molecule has 1 aromatic carbocycles. The summed E-state index contributed by atoms with van der Waals surface area (Å²) in [6.07, 6.45) is 4.06. The van der Waals surface area contributed by atoms with Gasteiger partial charge in [0.05, 0.1) is 0 Å². The van der Waals surface area contributed by atoms with Gasteiger partial charge in [-0.1, -0.05) is 18.2 Å². The van der Waals surface area contributed by atoms with E-state index in [0.717, 1.165) is 31.4 Å². The second-order valence-electron chi connectivity index (χ2n) is 5.52. The van der Waals surface area contributed by atoms with Gasteiger partial charge >= 0.3 is 0 Å². The Bertz CT molecular complexity index is 435. The molecule has 0 spiro atoms. The maximum absolute atomic E-state index is 12.3. The normalized spacial score (nSPS) is 29.3. The van der Waals surface area contributed by atoms with Gasteiger partial charge in [-0.3, -0.25) is 4.79 Å². The molecule has 0 saturated carbocycles. The number of para-hydroxylation sites is 1. The number of nitrogens with zero attached hydrogens (tertiary/aromatic N) is 1. The van der Waals surface area contributed by atoms with Gasteiger partial charge < -0.3 is 15.4 Å². The number of benzene rings is 1. The van der Waals surface area contributed by atoms with E-state index in [-0.39, 0.29) is 18.6 Å². The molecule has 2 unspecified atom stereocenters. The SMILES string of the molecule is NC1CC2CCC(C1)N2C(=O)COc1ccccc1. The van der Waals surface area contributed by atoms with Gasteiger partial charge in [-0.25, -0.2) is 0 Å². The van der Waals surface area contributed by atoms with Crippen LogP contribution in [0.25, 0.3) is 0 Å². The number of hydrogen-bond donors (Lipinski definition) is 1. The summed E-state index contributed by atoms with van der Waals surface area (Å²) < 4.78 is 5.55. The summed E-state index contributed by atoms with van der Waals surface area (Å²) in [7, 11) is 0. The molecule has 0 aromatic heterocycles. The van der Waals surface area contributed by atoms with E-state index in [2.05, 4.69) is 0 Å². The monoisotopic (exact) mass is 260 g/mol. The molecule has 4 nitrogen and oxygen atoms in total. The number of piperidine rings is 1. The van der Waals surface area contributed by atoms with Gasteiger partial charge in [0.15, 0.2) is 6.61 Å². The molecule has 3 rings (SSSR count). The van der Waals surface area contributed by atoms with E-state index in [0.29, 0.717) is 12.1 Å². The van der Waals surface area contributed by atoms with E-state index in [1.807, 2.05) is 35.2 Å². The second kappa shape index (κ2) is 5.21. The maximum atomic E-state index is 12.3. The summed E-state index contributed by atoms with van der Waals surface area (Å²) >= 11 is 0. The zero-order valence-electron chi connectivity index (χ0n) is 11.0. The van der Waals surface area contributed by atoms with Crippen LogP contribution in [0.2, 0.25) is 0 Å². The van der Waals surface area contributed by atoms with Crippen LogP contribution in [-0.2, 0) is 4.79 Å². The Kier molecular flexibility index (Phi) is 3.42. The minimum Gasteiger partial charge on any atom is -0.484 e. The predicted octanol–water partition coefficient (Wildman–Crippen LogP) is 1.55. The highest BCUT2D eigenvalue weighted by Crippen LogP contribution is 2.35. The zero-order valence-corrected chi connectivity index (χ0v) is 11.0. The van der Waals surface area contributed by atoms with Crippen molar-refractivity contribution in [1.82, 2.24) is 4.90 Å². The third-order valence-corrected chi connectivity index (χ3v) is 4.16. The quantitative estimate of drug-likeness (QED) is 0.897. The number of hydrogen-bond acceptors (Lipinski definition) is 3. The molecular formula is C15H20N2O2. The van der Waals surface area contributed by atoms with Crippen molar-refractivity contribution < 1.29 is 9.53 Å². The fourth-order valence-corrected chi connectivity index (χ4v) is 3.36. The molecule has 0 aliphatic carbocycles. The number of nitrogens with two attached hydrogens (primary N) is 1. The zero-order chi connectivity index (χ0) is 13.2. The summed E-state index contributed by atoms with van der Waals surface area (Å²) in [4.78, 5) is 14.3. The van der Waals surface area contributed by atoms with Crippen molar-refractivity contribution in [1.29, 1.82) is 0 Å². The average molecular weight is 260 g/mol. The molecule has 2 bridgehead atoms. The van der Waals surface area contributed by atoms with E-state index in [1.54, 1.807) is 0 Å². The summed E-state index contributed by atoms with van der Waals surface area (Å²) in [6.45, 7) is 0.131. The van der Waals surface area contributed by atoms with Crippen LogP contribution < -0.4 is 10.5 Å². The lowest BCUT2D eigenvalue weighted by Crippen LogP contribution is -2.51. The van der Waals surface area contributed by atoms with Crippen LogP contribution in [0, 0.1) is 0 Å². The third kappa shape index (κ3) is 2.59. The lowest BCUT2D eigenvalue weighted by Gasteiger charge is -2.37. The van der Waals surface area contributed by atoms with Crippen LogP contribution in [-0.4, -0.2) is 35.5 Å². The van der Waals surface area contributed by atoms with Gasteiger partial charge in [0.2, 0.25) is 0 Å². The first-order valence-corrected chi connectivity index (χ1v) is 6.98. The van der Waals surface area contributed by atoms with Gasteiger partial charge in [-0.15, -0.1) is 0 Å². The first-order valence-electron chi connectivity index (χ1n) is 6.98. The highest BCUT2D eigenvalue weighted by molar-refractivity contribution is 5.79. The summed E-state index contributed by atoms with van der Waals surface area (Å²) in [6, 6.07) is 10.4. The Hall–Kier alpha value is -1.55. The van der Waals surface area contributed by atoms with E-state index in [4.69, 9.17) is 10.5 Å².